The van der Waals surface area contributed by atoms with Crippen molar-refractivity contribution in [3.63, 3.8) is 0 Å². The van der Waals surface area contributed by atoms with E-state index in [1.54, 1.807) is 18.7 Å². The average molecular weight is 310 g/mol. The van der Waals surface area contributed by atoms with Crippen molar-refractivity contribution >= 4 is 11.8 Å². The van der Waals surface area contributed by atoms with Crippen molar-refractivity contribution in [1.82, 2.24) is 10.2 Å². The number of piperidine rings is 1. The van der Waals surface area contributed by atoms with E-state index in [2.05, 4.69) is 5.32 Å². The van der Waals surface area contributed by atoms with E-state index in [9.17, 15) is 14.7 Å². The topological polar surface area (TPSA) is 69.6 Å². The maximum absolute atomic E-state index is 12.5. The number of carbonyl (C=O) groups is 2. The molecule has 5 heteroatoms. The Morgan fingerprint density at radius 3 is 2.41 bits per heavy atom. The van der Waals surface area contributed by atoms with Gasteiger partial charge in [0.25, 0.3) is 0 Å². The van der Waals surface area contributed by atoms with Crippen LogP contribution in [-0.2, 0) is 9.59 Å². The van der Waals surface area contributed by atoms with Gasteiger partial charge >= 0.3 is 0 Å². The molecule has 3 atom stereocenters. The van der Waals surface area contributed by atoms with Gasteiger partial charge < -0.3 is 15.3 Å². The third-order valence-corrected chi connectivity index (χ3v) is 5.16. The standard InChI is InChI=1S/C17H30N2O3/c1-12(18-16(21)14-7-4-3-5-8-14)17(22)19-10-6-9-15(11-19)13(2)20/h12-15,20H,3-11H2,1-2H3,(H,18,21). The number of aliphatic hydroxyl groups excluding tert-OH is 1. The summed E-state index contributed by atoms with van der Waals surface area (Å²) in [6.45, 7) is 4.88. The molecular formula is C17H30N2O3. The molecule has 22 heavy (non-hydrogen) atoms. The zero-order chi connectivity index (χ0) is 16.1. The molecule has 2 fully saturated rings. The lowest BCUT2D eigenvalue weighted by Gasteiger charge is -2.36. The molecule has 1 saturated heterocycles. The molecule has 2 aliphatic rings. The highest BCUT2D eigenvalue weighted by molar-refractivity contribution is 5.88. The van der Waals surface area contributed by atoms with E-state index in [0.717, 1.165) is 45.1 Å². The molecule has 0 radical (unpaired) electrons. The molecule has 0 aromatic carbocycles. The van der Waals surface area contributed by atoms with Gasteiger partial charge in [0.05, 0.1) is 6.10 Å². The second-order valence-corrected chi connectivity index (χ2v) is 6.99. The van der Waals surface area contributed by atoms with Crippen molar-refractivity contribution in [2.24, 2.45) is 11.8 Å². The third kappa shape index (κ3) is 4.45. The van der Waals surface area contributed by atoms with Crippen molar-refractivity contribution in [3.8, 4) is 0 Å². The van der Waals surface area contributed by atoms with Crippen LogP contribution in [0.3, 0.4) is 0 Å². The Hall–Kier alpha value is -1.10. The van der Waals surface area contributed by atoms with Gasteiger partial charge in [-0.3, -0.25) is 9.59 Å². The lowest BCUT2D eigenvalue weighted by atomic mass is 9.88. The highest BCUT2D eigenvalue weighted by atomic mass is 16.3. The SMILES string of the molecule is CC(NC(=O)C1CCCCC1)C(=O)N1CCCC(C(C)O)C1. The zero-order valence-electron chi connectivity index (χ0n) is 13.9. The summed E-state index contributed by atoms with van der Waals surface area (Å²) >= 11 is 0. The fourth-order valence-electron chi connectivity index (χ4n) is 3.64. The van der Waals surface area contributed by atoms with E-state index in [4.69, 9.17) is 0 Å². The first-order valence-corrected chi connectivity index (χ1v) is 8.76. The minimum Gasteiger partial charge on any atom is -0.393 e. The van der Waals surface area contributed by atoms with Crippen LogP contribution < -0.4 is 5.32 Å². The number of rotatable bonds is 4. The normalized spacial score (nSPS) is 26.3. The van der Waals surface area contributed by atoms with Crippen LogP contribution in [0.5, 0.6) is 0 Å². The highest BCUT2D eigenvalue weighted by Crippen LogP contribution is 2.24. The second-order valence-electron chi connectivity index (χ2n) is 6.99. The molecule has 3 unspecified atom stereocenters. The van der Waals surface area contributed by atoms with Crippen LogP contribution in [0.15, 0.2) is 0 Å². The van der Waals surface area contributed by atoms with Crippen LogP contribution in [0.4, 0.5) is 0 Å². The molecule has 1 aliphatic heterocycles. The number of aliphatic hydroxyl groups is 1. The predicted octanol–water partition coefficient (Wildman–Crippen LogP) is 1.69. The summed E-state index contributed by atoms with van der Waals surface area (Å²) in [5.41, 5.74) is 0. The van der Waals surface area contributed by atoms with Crippen molar-refractivity contribution in [3.05, 3.63) is 0 Å². The number of hydrogen-bond acceptors (Lipinski definition) is 3. The van der Waals surface area contributed by atoms with Gasteiger partial charge in [0.15, 0.2) is 0 Å². The van der Waals surface area contributed by atoms with E-state index in [-0.39, 0.29) is 29.8 Å². The minimum atomic E-state index is -0.470. The Labute approximate surface area is 133 Å². The average Bonchev–Trinajstić information content (AvgIpc) is 2.54. The first-order chi connectivity index (χ1) is 10.5. The Bertz CT molecular complexity index is 391. The number of nitrogens with zero attached hydrogens (tertiary/aromatic N) is 1. The Kier molecular flexibility index (Phi) is 6.24. The Balaban J connectivity index is 1.84. The zero-order valence-corrected chi connectivity index (χ0v) is 13.9. The molecule has 0 spiro atoms. The molecule has 0 bridgehead atoms. The van der Waals surface area contributed by atoms with Crippen LogP contribution in [0, 0.1) is 11.8 Å². The van der Waals surface area contributed by atoms with Gasteiger partial charge in [-0.2, -0.15) is 0 Å². The molecule has 2 N–H and O–H groups in total. The largest absolute Gasteiger partial charge is 0.393 e. The van der Waals surface area contributed by atoms with E-state index in [0.29, 0.717) is 6.54 Å². The first-order valence-electron chi connectivity index (χ1n) is 8.76. The van der Waals surface area contributed by atoms with Crippen molar-refractivity contribution in [2.75, 3.05) is 13.1 Å². The van der Waals surface area contributed by atoms with Crippen LogP contribution in [0.25, 0.3) is 0 Å². The van der Waals surface area contributed by atoms with Gasteiger partial charge in [-0.1, -0.05) is 19.3 Å². The lowest BCUT2D eigenvalue weighted by molar-refractivity contribution is -0.139. The summed E-state index contributed by atoms with van der Waals surface area (Å²) < 4.78 is 0. The summed E-state index contributed by atoms with van der Waals surface area (Å²) in [6.07, 6.45) is 6.83. The molecule has 2 amide bonds. The molecule has 126 valence electrons. The summed E-state index contributed by atoms with van der Waals surface area (Å²) in [7, 11) is 0. The second kappa shape index (κ2) is 7.95. The summed E-state index contributed by atoms with van der Waals surface area (Å²) in [6, 6.07) is -0.470. The van der Waals surface area contributed by atoms with Gasteiger partial charge in [0.1, 0.15) is 6.04 Å². The number of carbonyl (C=O) groups excluding carboxylic acids is 2. The maximum Gasteiger partial charge on any atom is 0.244 e. The third-order valence-electron chi connectivity index (χ3n) is 5.16. The predicted molar refractivity (Wildman–Crippen MR) is 85.2 cm³/mol. The van der Waals surface area contributed by atoms with E-state index in [1.807, 2.05) is 0 Å². The number of hydrogen-bond donors (Lipinski definition) is 2. The summed E-state index contributed by atoms with van der Waals surface area (Å²) in [5, 5.41) is 12.6. The van der Waals surface area contributed by atoms with Gasteiger partial charge in [0, 0.05) is 24.9 Å². The summed E-state index contributed by atoms with van der Waals surface area (Å²) in [5.74, 6) is 0.244. The Morgan fingerprint density at radius 2 is 1.77 bits per heavy atom. The first kappa shape index (κ1) is 17.3. The van der Waals surface area contributed by atoms with E-state index in [1.165, 1.54) is 6.42 Å². The fraction of sp³-hybridized carbons (Fsp3) is 0.882. The molecule has 0 aromatic rings. The van der Waals surface area contributed by atoms with Crippen LogP contribution in [-0.4, -0.2) is 47.1 Å². The van der Waals surface area contributed by atoms with Gasteiger partial charge in [-0.05, 0) is 39.5 Å². The molecule has 1 aliphatic carbocycles. The quantitative estimate of drug-likeness (QED) is 0.830. The van der Waals surface area contributed by atoms with Crippen LogP contribution in [0.1, 0.15) is 58.8 Å². The molecule has 1 saturated carbocycles. The Morgan fingerprint density at radius 1 is 1.09 bits per heavy atom. The van der Waals surface area contributed by atoms with E-state index < -0.39 is 6.04 Å². The van der Waals surface area contributed by atoms with Crippen molar-refractivity contribution < 1.29 is 14.7 Å². The number of nitrogens with one attached hydrogen (secondary N) is 1. The molecule has 5 nitrogen and oxygen atoms in total. The van der Waals surface area contributed by atoms with Crippen LogP contribution in [0.2, 0.25) is 0 Å². The fourth-order valence-corrected chi connectivity index (χ4v) is 3.64. The maximum atomic E-state index is 12.5. The van der Waals surface area contributed by atoms with E-state index >= 15 is 0 Å². The lowest BCUT2D eigenvalue weighted by Crippen LogP contribution is -2.52. The monoisotopic (exact) mass is 310 g/mol. The van der Waals surface area contributed by atoms with Crippen molar-refractivity contribution in [1.29, 1.82) is 0 Å². The smallest absolute Gasteiger partial charge is 0.244 e. The molecule has 0 aromatic heterocycles. The number of likely N-dealkylation sites (tertiary alicyclic amines) is 1. The molecular weight excluding hydrogens is 280 g/mol. The van der Waals surface area contributed by atoms with Crippen LogP contribution >= 0.6 is 0 Å². The van der Waals surface area contributed by atoms with Crippen molar-refractivity contribution in [2.45, 2.75) is 70.9 Å². The minimum absolute atomic E-state index is 0.0190. The van der Waals surface area contributed by atoms with Gasteiger partial charge in [0.2, 0.25) is 11.8 Å². The molecule has 1 heterocycles. The number of amides is 2. The highest BCUT2D eigenvalue weighted by Gasteiger charge is 2.30. The molecule has 2 rings (SSSR count). The van der Waals surface area contributed by atoms with Gasteiger partial charge in [-0.25, -0.2) is 0 Å². The van der Waals surface area contributed by atoms with Gasteiger partial charge in [-0.15, -0.1) is 0 Å². The summed E-state index contributed by atoms with van der Waals surface area (Å²) in [4.78, 5) is 26.6.